The third-order valence-electron chi connectivity index (χ3n) is 6.82. The Balaban J connectivity index is 1.56. The van der Waals surface area contributed by atoms with Gasteiger partial charge in [0.15, 0.2) is 11.6 Å². The van der Waals surface area contributed by atoms with Gasteiger partial charge in [-0.2, -0.15) is 4.98 Å². The molecule has 0 unspecified atom stereocenters. The van der Waals surface area contributed by atoms with E-state index in [4.69, 9.17) is 4.74 Å². The summed E-state index contributed by atoms with van der Waals surface area (Å²) in [5, 5.41) is 6.54. The number of pyridine rings is 1. The normalized spacial score (nSPS) is 17.9. The molecule has 1 saturated heterocycles. The number of methoxy groups -OCH3 is 1. The second-order valence-corrected chi connectivity index (χ2v) is 10.1. The largest absolute Gasteiger partial charge is 0.496 e. The third-order valence-corrected chi connectivity index (χ3v) is 6.82. The summed E-state index contributed by atoms with van der Waals surface area (Å²) in [6.07, 6.45) is 6.47. The van der Waals surface area contributed by atoms with Crippen molar-refractivity contribution in [2.45, 2.75) is 57.7 Å². The van der Waals surface area contributed by atoms with Crippen molar-refractivity contribution in [3.05, 3.63) is 54.7 Å². The maximum Gasteiger partial charge on any atom is 0.229 e. The molecule has 7 nitrogen and oxygen atoms in total. The minimum atomic E-state index is -0.467. The quantitative estimate of drug-likeness (QED) is 0.499. The number of hydrogen-bond donors (Lipinski definition) is 2. The summed E-state index contributed by atoms with van der Waals surface area (Å²) in [5.74, 6) is 0.789. The number of aromatic nitrogens is 3. The lowest BCUT2D eigenvalue weighted by Crippen LogP contribution is -2.61. The lowest BCUT2D eigenvalue weighted by atomic mass is 9.77. The molecule has 2 N–H and O–H groups in total. The first-order valence-corrected chi connectivity index (χ1v) is 11.5. The molecule has 1 fully saturated rings. The van der Waals surface area contributed by atoms with Gasteiger partial charge >= 0.3 is 0 Å². The molecule has 0 bridgehead atoms. The first kappa shape index (κ1) is 23.9. The van der Waals surface area contributed by atoms with Gasteiger partial charge in [-0.05, 0) is 71.8 Å². The molecule has 0 aliphatic carbocycles. The lowest BCUT2D eigenvalue weighted by Gasteiger charge is -2.53. The molecule has 0 amide bonds. The molecule has 1 aliphatic heterocycles. The zero-order chi connectivity index (χ0) is 24.5. The van der Waals surface area contributed by atoms with Crippen molar-refractivity contribution in [2.75, 3.05) is 24.8 Å². The maximum absolute atomic E-state index is 14.7. The Morgan fingerprint density at radius 2 is 1.82 bits per heavy atom. The Morgan fingerprint density at radius 1 is 1.09 bits per heavy atom. The predicted molar refractivity (Wildman–Crippen MR) is 134 cm³/mol. The van der Waals surface area contributed by atoms with E-state index in [1.54, 1.807) is 19.5 Å². The van der Waals surface area contributed by atoms with Crippen LogP contribution in [0.5, 0.6) is 5.75 Å². The second-order valence-electron chi connectivity index (χ2n) is 10.1. The molecule has 2 aromatic heterocycles. The minimum absolute atomic E-state index is 0.0181. The Morgan fingerprint density at radius 3 is 2.47 bits per heavy atom. The average molecular weight is 465 g/mol. The highest BCUT2D eigenvalue weighted by atomic mass is 19.1. The van der Waals surface area contributed by atoms with Crippen molar-refractivity contribution in [2.24, 2.45) is 0 Å². The topological polar surface area (TPSA) is 75.2 Å². The van der Waals surface area contributed by atoms with Crippen LogP contribution >= 0.6 is 0 Å². The van der Waals surface area contributed by atoms with E-state index in [9.17, 15) is 4.39 Å². The summed E-state index contributed by atoms with van der Waals surface area (Å²) in [5.41, 5.74) is 2.54. The van der Waals surface area contributed by atoms with Crippen LogP contribution in [0.2, 0.25) is 0 Å². The summed E-state index contributed by atoms with van der Waals surface area (Å²) in [4.78, 5) is 15.2. The molecule has 0 atom stereocenters. The van der Waals surface area contributed by atoms with Gasteiger partial charge < -0.3 is 15.4 Å². The van der Waals surface area contributed by atoms with Crippen LogP contribution in [0, 0.1) is 5.82 Å². The molecule has 3 aromatic rings. The molecule has 180 valence electrons. The minimum Gasteiger partial charge on any atom is -0.496 e. The summed E-state index contributed by atoms with van der Waals surface area (Å²) in [7, 11) is 3.78. The molecule has 0 radical (unpaired) electrons. The zero-order valence-electron chi connectivity index (χ0n) is 20.7. The monoisotopic (exact) mass is 464 g/mol. The Kier molecular flexibility index (Phi) is 6.45. The Bertz CT molecular complexity index is 1130. The fourth-order valence-corrected chi connectivity index (χ4v) is 4.86. The molecule has 8 heteroatoms. The number of nitrogens with one attached hydrogen (secondary N) is 2. The number of rotatable bonds is 6. The van der Waals surface area contributed by atoms with E-state index in [1.165, 1.54) is 6.20 Å². The van der Waals surface area contributed by atoms with E-state index < -0.39 is 5.82 Å². The molecule has 0 saturated carbocycles. The smallest absolute Gasteiger partial charge is 0.229 e. The van der Waals surface area contributed by atoms with Crippen LogP contribution in [0.25, 0.3) is 11.1 Å². The molecule has 3 heterocycles. The number of anilines is 3. The highest BCUT2D eigenvalue weighted by Gasteiger charge is 2.43. The number of piperidine rings is 1. The van der Waals surface area contributed by atoms with Crippen molar-refractivity contribution in [1.82, 2.24) is 19.9 Å². The molecule has 4 rings (SSSR count). The summed E-state index contributed by atoms with van der Waals surface area (Å²) in [6.45, 7) is 8.87. The van der Waals surface area contributed by atoms with Gasteiger partial charge in [-0.1, -0.05) is 6.07 Å². The molecule has 0 spiro atoms. The number of ether oxygens (including phenoxy) is 1. The Hall–Kier alpha value is -3.26. The van der Waals surface area contributed by atoms with Gasteiger partial charge in [0.25, 0.3) is 0 Å². The van der Waals surface area contributed by atoms with Crippen molar-refractivity contribution >= 4 is 17.5 Å². The number of halogens is 1. The van der Waals surface area contributed by atoms with Crippen LogP contribution in [0.3, 0.4) is 0 Å². The molecule has 1 aliphatic rings. The molecular formula is C26H33FN6O. The fraction of sp³-hybridized carbons (Fsp3) is 0.423. The van der Waals surface area contributed by atoms with Gasteiger partial charge in [0, 0.05) is 46.3 Å². The van der Waals surface area contributed by atoms with Gasteiger partial charge in [-0.3, -0.25) is 9.88 Å². The van der Waals surface area contributed by atoms with Gasteiger partial charge in [0.1, 0.15) is 5.75 Å². The van der Waals surface area contributed by atoms with E-state index in [0.717, 1.165) is 35.4 Å². The summed E-state index contributed by atoms with van der Waals surface area (Å²) < 4.78 is 20.2. The average Bonchev–Trinajstić information content (AvgIpc) is 2.80. The van der Waals surface area contributed by atoms with Crippen LogP contribution in [0.4, 0.5) is 21.8 Å². The van der Waals surface area contributed by atoms with Crippen molar-refractivity contribution in [1.29, 1.82) is 0 Å². The molecule has 34 heavy (non-hydrogen) atoms. The van der Waals surface area contributed by atoms with Gasteiger partial charge in [-0.15, -0.1) is 0 Å². The number of nitrogens with zero attached hydrogens (tertiary/aromatic N) is 4. The van der Waals surface area contributed by atoms with E-state index in [-0.39, 0.29) is 22.9 Å². The fourth-order valence-electron chi connectivity index (χ4n) is 4.86. The van der Waals surface area contributed by atoms with Crippen LogP contribution in [0.1, 0.15) is 40.5 Å². The molecule has 1 aromatic carbocycles. The van der Waals surface area contributed by atoms with Gasteiger partial charge in [0.2, 0.25) is 5.95 Å². The Labute approximate surface area is 200 Å². The van der Waals surface area contributed by atoms with Crippen molar-refractivity contribution < 1.29 is 9.13 Å². The highest BCUT2D eigenvalue weighted by Crippen LogP contribution is 2.38. The van der Waals surface area contributed by atoms with Gasteiger partial charge in [0.05, 0.1) is 13.3 Å². The third kappa shape index (κ3) is 4.97. The number of hydrogen-bond acceptors (Lipinski definition) is 7. The highest BCUT2D eigenvalue weighted by molar-refractivity contribution is 5.75. The number of benzene rings is 1. The zero-order valence-corrected chi connectivity index (χ0v) is 20.7. The van der Waals surface area contributed by atoms with E-state index >= 15 is 0 Å². The SMILES string of the molecule is COc1ccc(Nc2ncc(F)c(NC3CC(C)(C)N(C)C(C)(C)C3)n2)cc1-c1cccnc1. The van der Waals surface area contributed by atoms with Crippen molar-refractivity contribution in [3.63, 3.8) is 0 Å². The lowest BCUT2D eigenvalue weighted by molar-refractivity contribution is -0.00778. The number of likely N-dealkylation sites (tertiary alicyclic amines) is 1. The van der Waals surface area contributed by atoms with Crippen LogP contribution in [-0.2, 0) is 0 Å². The predicted octanol–water partition coefficient (Wildman–Crippen LogP) is 5.49. The summed E-state index contributed by atoms with van der Waals surface area (Å²) >= 11 is 0. The standard InChI is InChI=1S/C26H33FN6O/c1-25(2)13-19(14-26(3,4)33(25)5)30-23-21(27)16-29-24(32-23)31-18-9-10-22(34-6)20(12-18)17-8-7-11-28-15-17/h7-12,15-16,19H,13-14H2,1-6H3,(H2,29,30,31,32). The van der Waals surface area contributed by atoms with E-state index in [0.29, 0.717) is 5.95 Å². The van der Waals surface area contributed by atoms with Crippen molar-refractivity contribution in [3.8, 4) is 16.9 Å². The summed E-state index contributed by atoms with van der Waals surface area (Å²) in [6, 6.07) is 9.63. The van der Waals surface area contributed by atoms with Crippen LogP contribution in [-0.4, -0.2) is 51.1 Å². The first-order valence-electron chi connectivity index (χ1n) is 11.5. The van der Waals surface area contributed by atoms with Crippen LogP contribution < -0.4 is 15.4 Å². The second kappa shape index (κ2) is 9.18. The first-order chi connectivity index (χ1) is 16.1. The van der Waals surface area contributed by atoms with E-state index in [2.05, 4.69) is 65.2 Å². The maximum atomic E-state index is 14.7. The van der Waals surface area contributed by atoms with E-state index in [1.807, 2.05) is 30.3 Å². The van der Waals surface area contributed by atoms with Crippen LogP contribution in [0.15, 0.2) is 48.9 Å². The molecular weight excluding hydrogens is 431 g/mol. The van der Waals surface area contributed by atoms with Gasteiger partial charge in [-0.25, -0.2) is 9.37 Å².